The summed E-state index contributed by atoms with van der Waals surface area (Å²) in [6.45, 7) is 3.82. The van der Waals surface area contributed by atoms with Crippen LogP contribution in [0.5, 0.6) is 11.6 Å². The Morgan fingerprint density at radius 2 is 1.97 bits per heavy atom. The minimum Gasteiger partial charge on any atom is -0.462 e. The Hall–Kier alpha value is -2.68. The highest BCUT2D eigenvalue weighted by atomic mass is 35.5. The molecule has 0 saturated heterocycles. The second kappa shape index (κ2) is 9.85. The van der Waals surface area contributed by atoms with Crippen LogP contribution < -0.4 is 4.74 Å². The number of hydrogen-bond donors (Lipinski definition) is 0. The summed E-state index contributed by atoms with van der Waals surface area (Å²) in [6, 6.07) is 13.8. The van der Waals surface area contributed by atoms with Crippen molar-refractivity contribution in [2.24, 2.45) is 0 Å². The van der Waals surface area contributed by atoms with E-state index in [2.05, 4.69) is 9.97 Å². The molecule has 0 radical (unpaired) electrons. The van der Waals surface area contributed by atoms with Crippen molar-refractivity contribution in [2.45, 2.75) is 24.5 Å². The number of rotatable bonds is 7. The van der Waals surface area contributed by atoms with Crippen molar-refractivity contribution in [1.29, 1.82) is 0 Å². The van der Waals surface area contributed by atoms with E-state index in [1.165, 1.54) is 29.5 Å². The molecule has 4 aromatic rings. The fourth-order valence-electron chi connectivity index (χ4n) is 3.00. The standard InChI is InChI=1S/C23H18ClFN2O3S2/c1-3-29-23(28)20-13(2)19-21(30-17-10-9-14(25)11-16(17)24)26-18(27-22(19)32-20)12-31-15-7-5-4-6-8-15/h4-11H,3,12H2,1-2H3. The van der Waals surface area contributed by atoms with Crippen LogP contribution in [-0.4, -0.2) is 22.5 Å². The topological polar surface area (TPSA) is 61.3 Å². The number of esters is 1. The maximum Gasteiger partial charge on any atom is 0.348 e. The van der Waals surface area contributed by atoms with E-state index in [9.17, 15) is 9.18 Å². The van der Waals surface area contributed by atoms with Gasteiger partial charge in [-0.25, -0.2) is 14.2 Å². The van der Waals surface area contributed by atoms with Gasteiger partial charge in [0.15, 0.2) is 0 Å². The largest absolute Gasteiger partial charge is 0.462 e. The van der Waals surface area contributed by atoms with Crippen LogP contribution in [0.3, 0.4) is 0 Å². The van der Waals surface area contributed by atoms with Gasteiger partial charge in [0, 0.05) is 4.90 Å². The fourth-order valence-corrected chi connectivity index (χ4v) is 5.07. The molecule has 0 aliphatic rings. The monoisotopic (exact) mass is 488 g/mol. The van der Waals surface area contributed by atoms with Gasteiger partial charge in [-0.2, -0.15) is 4.98 Å². The number of halogens is 2. The van der Waals surface area contributed by atoms with Crippen LogP contribution in [0.1, 0.15) is 28.0 Å². The number of hydrogen-bond acceptors (Lipinski definition) is 7. The van der Waals surface area contributed by atoms with Gasteiger partial charge in [-0.3, -0.25) is 0 Å². The first kappa shape index (κ1) is 22.5. The number of carbonyl (C=O) groups is 1. The zero-order valence-corrected chi connectivity index (χ0v) is 19.6. The van der Waals surface area contributed by atoms with E-state index < -0.39 is 11.8 Å². The highest BCUT2D eigenvalue weighted by Crippen LogP contribution is 2.39. The molecule has 9 heteroatoms. The Morgan fingerprint density at radius 1 is 1.19 bits per heavy atom. The van der Waals surface area contributed by atoms with Gasteiger partial charge in [0.2, 0.25) is 5.88 Å². The molecule has 0 fully saturated rings. The first-order chi connectivity index (χ1) is 15.5. The normalized spacial score (nSPS) is 11.0. The van der Waals surface area contributed by atoms with E-state index in [-0.39, 0.29) is 23.3 Å². The maximum absolute atomic E-state index is 13.5. The minimum atomic E-state index is -0.466. The number of benzene rings is 2. The number of thiophene rings is 1. The highest BCUT2D eigenvalue weighted by Gasteiger charge is 2.23. The molecule has 0 aliphatic carbocycles. The number of nitrogens with zero attached hydrogens (tertiary/aromatic N) is 2. The average molecular weight is 489 g/mol. The Balaban J connectivity index is 1.77. The van der Waals surface area contributed by atoms with Gasteiger partial charge in [-0.1, -0.05) is 29.8 Å². The van der Waals surface area contributed by atoms with Crippen LogP contribution in [0.4, 0.5) is 4.39 Å². The second-order valence-corrected chi connectivity index (χ2v) is 9.14. The summed E-state index contributed by atoms with van der Waals surface area (Å²) in [5, 5.41) is 0.724. The third-order valence-corrected chi connectivity index (χ3v) is 6.94. The Labute approximate surface area is 197 Å². The van der Waals surface area contributed by atoms with Gasteiger partial charge >= 0.3 is 5.97 Å². The van der Waals surface area contributed by atoms with Gasteiger partial charge in [0.05, 0.1) is 22.8 Å². The third kappa shape index (κ3) is 4.87. The van der Waals surface area contributed by atoms with E-state index >= 15 is 0 Å². The Bertz CT molecular complexity index is 1280. The summed E-state index contributed by atoms with van der Waals surface area (Å²) in [4.78, 5) is 23.8. The number of aryl methyl sites for hydroxylation is 1. The van der Waals surface area contributed by atoms with E-state index in [0.29, 0.717) is 32.2 Å². The van der Waals surface area contributed by atoms with Crippen LogP contribution >= 0.6 is 34.7 Å². The van der Waals surface area contributed by atoms with Gasteiger partial charge in [-0.05, 0) is 49.7 Å². The summed E-state index contributed by atoms with van der Waals surface area (Å²) in [6.07, 6.45) is 0. The van der Waals surface area contributed by atoms with Gasteiger partial charge < -0.3 is 9.47 Å². The first-order valence-corrected chi connectivity index (χ1v) is 11.9. The lowest BCUT2D eigenvalue weighted by atomic mass is 10.2. The molecule has 0 atom stereocenters. The molecule has 0 aliphatic heterocycles. The molecule has 4 rings (SSSR count). The molecule has 0 unspecified atom stereocenters. The summed E-state index contributed by atoms with van der Waals surface area (Å²) < 4.78 is 24.7. The lowest BCUT2D eigenvalue weighted by Gasteiger charge is -2.10. The molecule has 32 heavy (non-hydrogen) atoms. The number of thioether (sulfide) groups is 1. The summed E-state index contributed by atoms with van der Waals surface area (Å²) in [7, 11) is 0. The predicted molar refractivity (Wildman–Crippen MR) is 126 cm³/mol. The Kier molecular flexibility index (Phi) is 6.93. The van der Waals surface area contributed by atoms with Crippen molar-refractivity contribution < 1.29 is 18.7 Å². The quantitative estimate of drug-likeness (QED) is 0.205. The molecule has 0 amide bonds. The van der Waals surface area contributed by atoms with E-state index in [1.807, 2.05) is 30.3 Å². The molecule has 2 heterocycles. The maximum atomic E-state index is 13.5. The third-order valence-electron chi connectivity index (χ3n) is 4.48. The van der Waals surface area contributed by atoms with Crippen LogP contribution in [0.25, 0.3) is 10.2 Å². The summed E-state index contributed by atoms with van der Waals surface area (Å²) in [5.74, 6) is 0.676. The van der Waals surface area contributed by atoms with Crippen molar-refractivity contribution in [3.8, 4) is 11.6 Å². The molecule has 2 aromatic carbocycles. The molecule has 0 N–H and O–H groups in total. The second-order valence-electron chi connectivity index (χ2n) is 6.68. The molecule has 0 spiro atoms. The smallest absolute Gasteiger partial charge is 0.348 e. The van der Waals surface area contributed by atoms with Gasteiger partial charge in [-0.15, -0.1) is 23.1 Å². The average Bonchev–Trinajstić information content (AvgIpc) is 3.12. The van der Waals surface area contributed by atoms with Crippen LogP contribution in [0, 0.1) is 12.7 Å². The molecule has 5 nitrogen and oxygen atoms in total. The lowest BCUT2D eigenvalue weighted by Crippen LogP contribution is -2.03. The van der Waals surface area contributed by atoms with E-state index in [1.54, 1.807) is 25.6 Å². The van der Waals surface area contributed by atoms with Crippen molar-refractivity contribution in [3.05, 3.63) is 75.6 Å². The van der Waals surface area contributed by atoms with Crippen molar-refractivity contribution in [1.82, 2.24) is 9.97 Å². The molecule has 2 aromatic heterocycles. The number of ether oxygens (including phenoxy) is 2. The predicted octanol–water partition coefficient (Wildman–Crippen LogP) is 7.05. The van der Waals surface area contributed by atoms with Crippen molar-refractivity contribution in [2.75, 3.05) is 6.61 Å². The van der Waals surface area contributed by atoms with Crippen LogP contribution in [0.2, 0.25) is 5.02 Å². The van der Waals surface area contributed by atoms with Crippen molar-refractivity contribution in [3.63, 3.8) is 0 Å². The van der Waals surface area contributed by atoms with Crippen molar-refractivity contribution >= 4 is 50.9 Å². The summed E-state index contributed by atoms with van der Waals surface area (Å²) >= 11 is 8.98. The van der Waals surface area contributed by atoms with Gasteiger partial charge in [0.1, 0.15) is 27.1 Å². The van der Waals surface area contributed by atoms with Crippen LogP contribution in [-0.2, 0) is 10.5 Å². The highest BCUT2D eigenvalue weighted by molar-refractivity contribution is 7.98. The molecule has 0 bridgehead atoms. The number of aromatic nitrogens is 2. The number of carbonyl (C=O) groups excluding carboxylic acids is 1. The zero-order chi connectivity index (χ0) is 22.7. The lowest BCUT2D eigenvalue weighted by molar-refractivity contribution is 0.0531. The number of fused-ring (bicyclic) bond motifs is 1. The van der Waals surface area contributed by atoms with Crippen LogP contribution in [0.15, 0.2) is 53.4 Å². The molecular formula is C23H18ClFN2O3S2. The molecule has 164 valence electrons. The minimum absolute atomic E-state index is 0.121. The van der Waals surface area contributed by atoms with E-state index in [4.69, 9.17) is 21.1 Å². The SMILES string of the molecule is CCOC(=O)c1sc2nc(CSc3ccccc3)nc(Oc3ccc(F)cc3Cl)c2c1C. The fraction of sp³-hybridized carbons (Fsp3) is 0.174. The molecule has 0 saturated carbocycles. The van der Waals surface area contributed by atoms with Gasteiger partial charge in [0.25, 0.3) is 0 Å². The zero-order valence-electron chi connectivity index (χ0n) is 17.2. The molecular weight excluding hydrogens is 471 g/mol. The first-order valence-electron chi connectivity index (χ1n) is 9.74. The van der Waals surface area contributed by atoms with E-state index in [0.717, 1.165) is 4.90 Å². The Morgan fingerprint density at radius 3 is 2.69 bits per heavy atom. The summed E-state index contributed by atoms with van der Waals surface area (Å²) in [5.41, 5.74) is 0.666.